The van der Waals surface area contributed by atoms with Crippen LogP contribution in [-0.2, 0) is 0 Å². The van der Waals surface area contributed by atoms with Crippen LogP contribution in [0.2, 0.25) is 0 Å². The molecule has 3 N–H and O–H groups in total. The summed E-state index contributed by atoms with van der Waals surface area (Å²) in [4.78, 5) is 10.1. The highest BCUT2D eigenvalue weighted by Gasteiger charge is 2.16. The Labute approximate surface area is 101 Å². The van der Waals surface area contributed by atoms with Gasteiger partial charge in [-0.2, -0.15) is 5.10 Å². The van der Waals surface area contributed by atoms with Gasteiger partial charge >= 0.3 is 0 Å². The summed E-state index contributed by atoms with van der Waals surface area (Å²) in [5.41, 5.74) is 7.38. The summed E-state index contributed by atoms with van der Waals surface area (Å²) < 4.78 is 13.4. The second-order valence-electron chi connectivity index (χ2n) is 3.10. The van der Waals surface area contributed by atoms with E-state index in [0.717, 1.165) is 18.3 Å². The molecule has 8 heteroatoms. The lowest BCUT2D eigenvalue weighted by Gasteiger charge is -2.03. The first kappa shape index (κ1) is 13.0. The van der Waals surface area contributed by atoms with E-state index in [-0.39, 0.29) is 21.9 Å². The first-order valence-corrected chi connectivity index (χ1v) is 4.86. The molecule has 1 rings (SSSR count). The van der Waals surface area contributed by atoms with Crippen molar-refractivity contribution in [3.05, 3.63) is 39.2 Å². The molecule has 17 heavy (non-hydrogen) atoms. The molecule has 0 radical (unpaired) electrons. The predicted octanol–water partition coefficient (Wildman–Crippen LogP) is 1.21. The summed E-state index contributed by atoms with van der Waals surface area (Å²) in [5.74, 6) is -0.610. The molecule has 1 aromatic rings. The fourth-order valence-corrected chi connectivity index (χ4v) is 1.25. The van der Waals surface area contributed by atoms with Gasteiger partial charge in [-0.25, -0.2) is 4.39 Å². The monoisotopic (exact) mass is 256 g/mol. The average Bonchev–Trinajstić information content (AvgIpc) is 2.21. The fraction of sp³-hybridized carbons (Fsp3) is 0.111. The molecule has 0 aliphatic heterocycles. The van der Waals surface area contributed by atoms with Crippen LogP contribution < -0.4 is 11.2 Å². The van der Waals surface area contributed by atoms with Crippen LogP contribution in [0.25, 0.3) is 0 Å². The van der Waals surface area contributed by atoms with E-state index in [1.54, 1.807) is 0 Å². The summed E-state index contributed by atoms with van der Waals surface area (Å²) in [7, 11) is 0. The lowest BCUT2D eigenvalue weighted by Crippen LogP contribution is -2.24. The standard InChI is InChI=1S/C9H9FN4O2S/c1-5-6(4-12-13-9(11)17)7(10)2-3-8(5)14(15)16/h2-4H,1H3,(H3,11,13,17). The van der Waals surface area contributed by atoms with Crippen LogP contribution >= 0.6 is 12.2 Å². The highest BCUT2D eigenvalue weighted by atomic mass is 32.1. The number of nitro benzene ring substituents is 1. The number of nitrogens with two attached hydrogens (primary N) is 1. The van der Waals surface area contributed by atoms with Gasteiger partial charge in [-0.1, -0.05) is 0 Å². The Balaban J connectivity index is 3.14. The van der Waals surface area contributed by atoms with Crippen molar-refractivity contribution in [3.63, 3.8) is 0 Å². The Morgan fingerprint density at radius 3 is 2.88 bits per heavy atom. The van der Waals surface area contributed by atoms with Crippen LogP contribution in [0, 0.1) is 22.9 Å². The molecule has 0 aliphatic carbocycles. The Morgan fingerprint density at radius 1 is 1.71 bits per heavy atom. The van der Waals surface area contributed by atoms with E-state index < -0.39 is 10.7 Å². The quantitative estimate of drug-likeness (QED) is 0.367. The number of halogens is 1. The van der Waals surface area contributed by atoms with Crippen LogP contribution in [0.1, 0.15) is 11.1 Å². The van der Waals surface area contributed by atoms with Crippen LogP contribution in [-0.4, -0.2) is 16.3 Å². The highest BCUT2D eigenvalue weighted by molar-refractivity contribution is 7.80. The number of nitrogens with zero attached hydrogens (tertiary/aromatic N) is 2. The minimum Gasteiger partial charge on any atom is -0.375 e. The first-order chi connectivity index (χ1) is 7.93. The summed E-state index contributed by atoms with van der Waals surface area (Å²) >= 11 is 4.49. The number of hydrogen-bond donors (Lipinski definition) is 2. The van der Waals surface area contributed by atoms with Gasteiger partial charge in [-0.3, -0.25) is 15.5 Å². The Bertz CT molecular complexity index is 504. The van der Waals surface area contributed by atoms with Crippen molar-refractivity contribution in [3.8, 4) is 0 Å². The maximum absolute atomic E-state index is 13.4. The second kappa shape index (κ2) is 5.30. The SMILES string of the molecule is Cc1c([N+](=O)[O-])ccc(F)c1C=NNC(N)=S. The Morgan fingerprint density at radius 2 is 2.35 bits per heavy atom. The van der Waals surface area contributed by atoms with Gasteiger partial charge in [-0.05, 0) is 25.2 Å². The normalized spacial score (nSPS) is 10.5. The van der Waals surface area contributed by atoms with Gasteiger partial charge in [0.1, 0.15) is 5.82 Å². The van der Waals surface area contributed by atoms with Crippen LogP contribution in [0.4, 0.5) is 10.1 Å². The smallest absolute Gasteiger partial charge is 0.273 e. The molecule has 90 valence electrons. The summed E-state index contributed by atoms with van der Waals surface area (Å²) in [6.07, 6.45) is 1.09. The molecule has 0 amide bonds. The van der Waals surface area contributed by atoms with Crippen molar-refractivity contribution in [1.82, 2.24) is 5.43 Å². The predicted molar refractivity (Wildman–Crippen MR) is 65.3 cm³/mol. The lowest BCUT2D eigenvalue weighted by atomic mass is 10.1. The molecule has 0 aliphatic rings. The minimum absolute atomic E-state index is 0.0166. The van der Waals surface area contributed by atoms with Crippen molar-refractivity contribution in [1.29, 1.82) is 0 Å². The third kappa shape index (κ3) is 3.18. The number of hydrazone groups is 1. The van der Waals surface area contributed by atoms with Crippen LogP contribution in [0.15, 0.2) is 17.2 Å². The van der Waals surface area contributed by atoms with Crippen molar-refractivity contribution < 1.29 is 9.31 Å². The number of rotatable bonds is 3. The number of hydrogen-bond acceptors (Lipinski definition) is 4. The molecule has 0 spiro atoms. The zero-order valence-corrected chi connectivity index (χ0v) is 9.62. The molecular weight excluding hydrogens is 247 g/mol. The van der Waals surface area contributed by atoms with E-state index in [9.17, 15) is 14.5 Å². The zero-order chi connectivity index (χ0) is 13.0. The molecular formula is C9H9FN4O2S. The summed E-state index contributed by atoms with van der Waals surface area (Å²) in [6.45, 7) is 1.43. The Hall–Kier alpha value is -2.09. The van der Waals surface area contributed by atoms with E-state index >= 15 is 0 Å². The topological polar surface area (TPSA) is 93.5 Å². The number of nitrogens with one attached hydrogen (secondary N) is 1. The summed E-state index contributed by atoms with van der Waals surface area (Å²) in [5, 5.41) is 14.1. The maximum Gasteiger partial charge on any atom is 0.273 e. The maximum atomic E-state index is 13.4. The third-order valence-corrected chi connectivity index (χ3v) is 2.09. The highest BCUT2D eigenvalue weighted by Crippen LogP contribution is 2.22. The van der Waals surface area contributed by atoms with Gasteiger partial charge in [0, 0.05) is 17.2 Å². The van der Waals surface area contributed by atoms with Gasteiger partial charge in [0.25, 0.3) is 5.69 Å². The molecule has 0 aromatic heterocycles. The van der Waals surface area contributed by atoms with E-state index in [1.165, 1.54) is 6.92 Å². The molecule has 6 nitrogen and oxygen atoms in total. The van der Waals surface area contributed by atoms with Crippen molar-refractivity contribution in [2.75, 3.05) is 0 Å². The van der Waals surface area contributed by atoms with Crippen molar-refractivity contribution >= 4 is 29.2 Å². The van der Waals surface area contributed by atoms with Crippen LogP contribution in [0.3, 0.4) is 0 Å². The number of benzene rings is 1. The van der Waals surface area contributed by atoms with Gasteiger partial charge in [0.05, 0.1) is 11.1 Å². The van der Waals surface area contributed by atoms with Crippen LogP contribution in [0.5, 0.6) is 0 Å². The second-order valence-corrected chi connectivity index (χ2v) is 3.54. The molecule has 0 saturated carbocycles. The largest absolute Gasteiger partial charge is 0.375 e. The van der Waals surface area contributed by atoms with Gasteiger partial charge in [0.15, 0.2) is 5.11 Å². The molecule has 1 aromatic carbocycles. The molecule has 0 saturated heterocycles. The molecule has 0 heterocycles. The van der Waals surface area contributed by atoms with E-state index in [4.69, 9.17) is 5.73 Å². The lowest BCUT2D eigenvalue weighted by molar-refractivity contribution is -0.385. The van der Waals surface area contributed by atoms with Crippen molar-refractivity contribution in [2.24, 2.45) is 10.8 Å². The molecule has 0 bridgehead atoms. The number of nitro groups is 1. The van der Waals surface area contributed by atoms with E-state index in [1.807, 2.05) is 0 Å². The van der Waals surface area contributed by atoms with E-state index in [0.29, 0.717) is 0 Å². The molecule has 0 fully saturated rings. The van der Waals surface area contributed by atoms with E-state index in [2.05, 4.69) is 22.7 Å². The average molecular weight is 256 g/mol. The summed E-state index contributed by atoms with van der Waals surface area (Å²) in [6, 6.07) is 2.11. The fourth-order valence-electron chi connectivity index (χ4n) is 1.20. The third-order valence-electron chi connectivity index (χ3n) is 2.00. The van der Waals surface area contributed by atoms with Gasteiger partial charge < -0.3 is 5.73 Å². The molecule has 0 unspecified atom stereocenters. The van der Waals surface area contributed by atoms with Gasteiger partial charge in [0.2, 0.25) is 0 Å². The zero-order valence-electron chi connectivity index (χ0n) is 8.81. The van der Waals surface area contributed by atoms with Crippen molar-refractivity contribution in [2.45, 2.75) is 6.92 Å². The minimum atomic E-state index is -0.610. The first-order valence-electron chi connectivity index (χ1n) is 4.45. The van der Waals surface area contributed by atoms with Gasteiger partial charge in [-0.15, -0.1) is 0 Å². The molecule has 0 atom stereocenters. The Kier molecular flexibility index (Phi) is 4.05. The number of thiocarbonyl (C=S) groups is 1.